The van der Waals surface area contributed by atoms with E-state index in [1.165, 1.54) is 23.9 Å². The third-order valence-corrected chi connectivity index (χ3v) is 5.10. The van der Waals surface area contributed by atoms with Crippen molar-refractivity contribution in [2.45, 2.75) is 37.2 Å². The summed E-state index contributed by atoms with van der Waals surface area (Å²) in [6.45, 7) is 5.65. The van der Waals surface area contributed by atoms with Crippen LogP contribution in [0, 0.1) is 12.7 Å². The van der Waals surface area contributed by atoms with Crippen molar-refractivity contribution >= 4 is 17.7 Å². The van der Waals surface area contributed by atoms with E-state index >= 15 is 0 Å². The van der Waals surface area contributed by atoms with Crippen molar-refractivity contribution in [1.29, 1.82) is 0 Å². The Morgan fingerprint density at radius 3 is 2.63 bits per heavy atom. The van der Waals surface area contributed by atoms with Gasteiger partial charge in [-0.1, -0.05) is 36.0 Å². The monoisotopic (exact) mass is 385 g/mol. The Kier molecular flexibility index (Phi) is 5.85. The van der Waals surface area contributed by atoms with Crippen LogP contribution in [0.4, 0.5) is 4.39 Å². The van der Waals surface area contributed by atoms with Crippen LogP contribution >= 0.6 is 11.8 Å². The van der Waals surface area contributed by atoms with Crippen LogP contribution in [0.3, 0.4) is 0 Å². The molecule has 140 valence electrons. The van der Waals surface area contributed by atoms with Crippen LogP contribution < -0.4 is 5.32 Å². The number of thioether (sulfide) groups is 1. The van der Waals surface area contributed by atoms with Crippen LogP contribution in [-0.4, -0.2) is 31.4 Å². The lowest BCUT2D eigenvalue weighted by Gasteiger charge is -2.17. The molecule has 1 amide bonds. The summed E-state index contributed by atoms with van der Waals surface area (Å²) >= 11 is 1.28. The molecule has 1 N–H and O–H groups in total. The van der Waals surface area contributed by atoms with Crippen LogP contribution in [0.5, 0.6) is 0 Å². The van der Waals surface area contributed by atoms with Gasteiger partial charge in [0.05, 0.1) is 17.0 Å². The first kappa shape index (κ1) is 19.0. The summed E-state index contributed by atoms with van der Waals surface area (Å²) in [6, 6.07) is 13.7. The SMILES string of the molecule is Cc1cccc(-n2nnnc2SC(C)C(=O)NC(C)c2ccc(F)cc2)c1. The van der Waals surface area contributed by atoms with E-state index in [4.69, 9.17) is 0 Å². The number of benzene rings is 2. The Bertz CT molecular complexity index is 928. The molecule has 6 nitrogen and oxygen atoms in total. The van der Waals surface area contributed by atoms with Gasteiger partial charge in [-0.25, -0.2) is 4.39 Å². The van der Waals surface area contributed by atoms with Gasteiger partial charge in [-0.3, -0.25) is 4.79 Å². The summed E-state index contributed by atoms with van der Waals surface area (Å²) in [5, 5.41) is 14.9. The summed E-state index contributed by atoms with van der Waals surface area (Å²) in [6.07, 6.45) is 0. The van der Waals surface area contributed by atoms with Gasteiger partial charge in [0.2, 0.25) is 11.1 Å². The predicted molar refractivity (Wildman–Crippen MR) is 102 cm³/mol. The van der Waals surface area contributed by atoms with Gasteiger partial charge in [-0.15, -0.1) is 5.10 Å². The number of halogens is 1. The van der Waals surface area contributed by atoms with E-state index in [1.54, 1.807) is 23.7 Å². The maximum Gasteiger partial charge on any atom is 0.233 e. The lowest BCUT2D eigenvalue weighted by atomic mass is 10.1. The number of nitrogens with zero attached hydrogens (tertiary/aromatic N) is 4. The van der Waals surface area contributed by atoms with E-state index in [2.05, 4.69) is 20.8 Å². The van der Waals surface area contributed by atoms with Crippen LogP contribution in [0.2, 0.25) is 0 Å². The van der Waals surface area contributed by atoms with Gasteiger partial charge in [0.15, 0.2) is 0 Å². The maximum absolute atomic E-state index is 13.0. The average Bonchev–Trinajstić information content (AvgIpc) is 3.10. The standard InChI is InChI=1S/C19H20FN5OS/c1-12-5-4-6-17(11-12)25-19(22-23-24-25)27-14(3)18(26)21-13(2)15-7-9-16(20)10-8-15/h4-11,13-14H,1-3H3,(H,21,26). The molecule has 0 spiro atoms. The second-order valence-corrected chi connectivity index (χ2v) is 7.56. The molecule has 2 atom stereocenters. The third-order valence-electron chi connectivity index (χ3n) is 4.07. The van der Waals surface area contributed by atoms with Crippen molar-refractivity contribution in [3.05, 3.63) is 65.5 Å². The van der Waals surface area contributed by atoms with E-state index in [-0.39, 0.29) is 17.8 Å². The van der Waals surface area contributed by atoms with Crippen molar-refractivity contribution in [1.82, 2.24) is 25.5 Å². The van der Waals surface area contributed by atoms with Gasteiger partial charge in [-0.05, 0) is 66.6 Å². The molecule has 1 aromatic heterocycles. The number of aromatic nitrogens is 4. The number of amides is 1. The van der Waals surface area contributed by atoms with E-state index in [0.717, 1.165) is 16.8 Å². The minimum atomic E-state index is -0.401. The van der Waals surface area contributed by atoms with E-state index in [1.807, 2.05) is 38.1 Å². The molecule has 0 saturated carbocycles. The molecule has 0 saturated heterocycles. The quantitative estimate of drug-likeness (QED) is 0.658. The lowest BCUT2D eigenvalue weighted by molar-refractivity contribution is -0.120. The van der Waals surface area contributed by atoms with E-state index in [0.29, 0.717) is 5.16 Å². The van der Waals surface area contributed by atoms with Gasteiger partial charge >= 0.3 is 0 Å². The topological polar surface area (TPSA) is 72.7 Å². The van der Waals surface area contributed by atoms with Gasteiger partial charge in [0.25, 0.3) is 0 Å². The second-order valence-electron chi connectivity index (χ2n) is 6.25. The summed E-state index contributed by atoms with van der Waals surface area (Å²) in [4.78, 5) is 12.5. The molecule has 1 heterocycles. The number of carbonyl (C=O) groups excluding carboxylic acids is 1. The van der Waals surface area contributed by atoms with Crippen molar-refractivity contribution in [2.24, 2.45) is 0 Å². The number of hydrogen-bond donors (Lipinski definition) is 1. The number of carbonyl (C=O) groups is 1. The Labute approximate surface area is 161 Å². The zero-order chi connectivity index (χ0) is 19.4. The molecule has 0 aliphatic carbocycles. The maximum atomic E-state index is 13.0. The fourth-order valence-electron chi connectivity index (χ4n) is 2.55. The van der Waals surface area contributed by atoms with Gasteiger partial charge in [-0.2, -0.15) is 4.68 Å². The number of tetrazole rings is 1. The molecule has 3 aromatic rings. The highest BCUT2D eigenvalue weighted by molar-refractivity contribution is 8.00. The van der Waals surface area contributed by atoms with Gasteiger partial charge < -0.3 is 5.32 Å². The van der Waals surface area contributed by atoms with Crippen molar-refractivity contribution in [3.63, 3.8) is 0 Å². The number of nitrogens with one attached hydrogen (secondary N) is 1. The Morgan fingerprint density at radius 2 is 1.93 bits per heavy atom. The largest absolute Gasteiger partial charge is 0.349 e. The number of rotatable bonds is 6. The molecule has 2 unspecified atom stereocenters. The Morgan fingerprint density at radius 1 is 1.19 bits per heavy atom. The van der Waals surface area contributed by atoms with Crippen molar-refractivity contribution in [2.75, 3.05) is 0 Å². The highest BCUT2D eigenvalue weighted by Crippen LogP contribution is 2.24. The number of hydrogen-bond acceptors (Lipinski definition) is 5. The molecule has 8 heteroatoms. The molecular formula is C19H20FN5OS. The second kappa shape index (κ2) is 8.30. The molecule has 27 heavy (non-hydrogen) atoms. The normalized spacial score (nSPS) is 13.2. The molecule has 0 bridgehead atoms. The summed E-state index contributed by atoms with van der Waals surface area (Å²) in [7, 11) is 0. The average molecular weight is 385 g/mol. The Balaban J connectivity index is 1.67. The van der Waals surface area contributed by atoms with Crippen LogP contribution in [0.25, 0.3) is 5.69 Å². The Hall–Kier alpha value is -2.74. The minimum absolute atomic E-state index is 0.143. The molecular weight excluding hydrogens is 365 g/mol. The minimum Gasteiger partial charge on any atom is -0.349 e. The van der Waals surface area contributed by atoms with E-state index in [9.17, 15) is 9.18 Å². The molecule has 0 fully saturated rings. The highest BCUT2D eigenvalue weighted by Gasteiger charge is 2.21. The smallest absolute Gasteiger partial charge is 0.233 e. The summed E-state index contributed by atoms with van der Waals surface area (Å²) in [5.74, 6) is -0.445. The van der Waals surface area contributed by atoms with Crippen molar-refractivity contribution in [3.8, 4) is 5.69 Å². The predicted octanol–water partition coefficient (Wildman–Crippen LogP) is 3.47. The van der Waals surface area contributed by atoms with Crippen LogP contribution in [0.15, 0.2) is 53.7 Å². The lowest BCUT2D eigenvalue weighted by Crippen LogP contribution is -2.33. The number of aryl methyl sites for hydroxylation is 1. The molecule has 3 rings (SSSR count). The first-order valence-corrected chi connectivity index (χ1v) is 9.40. The first-order chi connectivity index (χ1) is 12.9. The molecule has 0 aliphatic rings. The zero-order valence-corrected chi connectivity index (χ0v) is 16.1. The fraction of sp³-hybridized carbons (Fsp3) is 0.263. The van der Waals surface area contributed by atoms with Crippen molar-refractivity contribution < 1.29 is 9.18 Å². The fourth-order valence-corrected chi connectivity index (χ4v) is 3.37. The molecule has 0 aliphatic heterocycles. The summed E-state index contributed by atoms with van der Waals surface area (Å²) in [5.41, 5.74) is 2.78. The summed E-state index contributed by atoms with van der Waals surface area (Å²) < 4.78 is 14.7. The van der Waals surface area contributed by atoms with E-state index < -0.39 is 5.25 Å². The van der Waals surface area contributed by atoms with Crippen LogP contribution in [0.1, 0.15) is 31.0 Å². The van der Waals surface area contributed by atoms with Crippen LogP contribution in [-0.2, 0) is 4.79 Å². The molecule has 2 aromatic carbocycles. The first-order valence-electron chi connectivity index (χ1n) is 8.52. The molecule has 0 radical (unpaired) electrons. The van der Waals surface area contributed by atoms with Gasteiger partial charge in [0, 0.05) is 0 Å². The highest BCUT2D eigenvalue weighted by atomic mass is 32.2. The third kappa shape index (κ3) is 4.71. The van der Waals surface area contributed by atoms with Gasteiger partial charge in [0.1, 0.15) is 5.82 Å². The zero-order valence-electron chi connectivity index (χ0n) is 15.3.